The van der Waals surface area contributed by atoms with Crippen LogP contribution < -0.4 is 0 Å². The highest BCUT2D eigenvalue weighted by Crippen LogP contribution is 2.38. The minimum Gasteiger partial charge on any atom is -0.368 e. The first kappa shape index (κ1) is 29.6. The lowest BCUT2D eigenvalue weighted by molar-refractivity contribution is -0.242. The first-order valence-corrected chi connectivity index (χ1v) is 15.2. The summed E-state index contributed by atoms with van der Waals surface area (Å²) in [5.41, 5.74) is 6.78. The standard InChI is InChI=1S/C36H40O4S/c1-25-10-16-29(17-11-25)22-37-33-28(4)40-36(41-32-8-6-5-7-9-32)35(39-24-31-20-14-27(3)15-21-31)34(33)38-23-30-18-12-26(2)13-19-30/h5-21,28,33-36H,22-24H2,1-4H3/t28-,33+,34+,35-,36+/m0/s1. The van der Waals surface area contributed by atoms with Crippen molar-refractivity contribution >= 4 is 11.8 Å². The SMILES string of the molecule is Cc1ccc(CO[C@@H]2[C@H](OCc3ccc(C)cc3)[C@H](C)O[C@H](Sc3ccccc3)[C@H]2OCc2ccc(C)cc2)cc1. The number of aryl methyl sites for hydroxylation is 3. The van der Waals surface area contributed by atoms with Gasteiger partial charge in [-0.25, -0.2) is 0 Å². The van der Waals surface area contributed by atoms with Gasteiger partial charge in [0, 0.05) is 4.90 Å². The molecule has 0 aromatic heterocycles. The lowest BCUT2D eigenvalue weighted by Crippen LogP contribution is -2.58. The first-order valence-electron chi connectivity index (χ1n) is 14.3. The molecule has 214 valence electrons. The molecule has 0 radical (unpaired) electrons. The van der Waals surface area contributed by atoms with Crippen LogP contribution in [0.1, 0.15) is 40.3 Å². The van der Waals surface area contributed by atoms with E-state index in [1.807, 2.05) is 6.07 Å². The molecule has 1 aliphatic heterocycles. The maximum Gasteiger partial charge on any atom is 0.136 e. The Kier molecular flexibility index (Phi) is 10.3. The molecule has 4 nitrogen and oxygen atoms in total. The van der Waals surface area contributed by atoms with Gasteiger partial charge in [0.05, 0.1) is 25.9 Å². The summed E-state index contributed by atoms with van der Waals surface area (Å²) in [4.78, 5) is 1.13. The van der Waals surface area contributed by atoms with Crippen LogP contribution in [0, 0.1) is 20.8 Å². The van der Waals surface area contributed by atoms with E-state index in [9.17, 15) is 0 Å². The van der Waals surface area contributed by atoms with E-state index >= 15 is 0 Å². The van der Waals surface area contributed by atoms with Crippen molar-refractivity contribution in [3.05, 3.63) is 137 Å². The first-order chi connectivity index (χ1) is 19.9. The molecule has 41 heavy (non-hydrogen) atoms. The Morgan fingerprint density at radius 1 is 0.537 bits per heavy atom. The molecule has 0 saturated carbocycles. The van der Waals surface area contributed by atoms with Gasteiger partial charge in [0.1, 0.15) is 23.7 Å². The molecule has 5 heteroatoms. The Morgan fingerprint density at radius 2 is 0.951 bits per heavy atom. The third-order valence-electron chi connectivity index (χ3n) is 7.41. The molecule has 1 saturated heterocycles. The molecule has 0 aliphatic carbocycles. The summed E-state index contributed by atoms with van der Waals surface area (Å²) in [6, 6.07) is 35.8. The Hall–Kier alpha value is -2.93. The zero-order chi connectivity index (χ0) is 28.6. The molecule has 0 N–H and O–H groups in total. The van der Waals surface area contributed by atoms with Gasteiger partial charge >= 0.3 is 0 Å². The second kappa shape index (κ2) is 14.3. The monoisotopic (exact) mass is 568 g/mol. The Morgan fingerprint density at radius 3 is 1.41 bits per heavy atom. The van der Waals surface area contributed by atoms with Crippen LogP contribution in [-0.4, -0.2) is 29.9 Å². The largest absolute Gasteiger partial charge is 0.368 e. The van der Waals surface area contributed by atoms with Crippen LogP contribution in [0.2, 0.25) is 0 Å². The summed E-state index contributed by atoms with van der Waals surface area (Å²) >= 11 is 1.68. The second-order valence-electron chi connectivity index (χ2n) is 10.9. The van der Waals surface area contributed by atoms with Gasteiger partial charge in [0.2, 0.25) is 0 Å². The zero-order valence-electron chi connectivity index (χ0n) is 24.4. The number of hydrogen-bond donors (Lipinski definition) is 0. The van der Waals surface area contributed by atoms with Crippen LogP contribution in [0.3, 0.4) is 0 Å². The molecular formula is C36H40O4S. The molecule has 1 fully saturated rings. The van der Waals surface area contributed by atoms with E-state index in [2.05, 4.69) is 125 Å². The summed E-state index contributed by atoms with van der Waals surface area (Å²) in [5, 5.41) is 0. The molecule has 4 aromatic carbocycles. The van der Waals surface area contributed by atoms with Crippen LogP contribution in [0.15, 0.2) is 108 Å². The predicted octanol–water partition coefficient (Wildman–Crippen LogP) is 8.20. The van der Waals surface area contributed by atoms with Gasteiger partial charge in [0.15, 0.2) is 0 Å². The molecular weight excluding hydrogens is 528 g/mol. The van der Waals surface area contributed by atoms with Crippen molar-refractivity contribution in [2.75, 3.05) is 0 Å². The van der Waals surface area contributed by atoms with Gasteiger partial charge in [-0.1, -0.05) is 119 Å². The summed E-state index contributed by atoms with van der Waals surface area (Å²) in [6.07, 6.45) is -1.19. The molecule has 4 aromatic rings. The molecule has 0 unspecified atom stereocenters. The van der Waals surface area contributed by atoms with Crippen LogP contribution in [-0.2, 0) is 38.8 Å². The van der Waals surface area contributed by atoms with Crippen molar-refractivity contribution in [1.82, 2.24) is 0 Å². The van der Waals surface area contributed by atoms with E-state index in [1.54, 1.807) is 11.8 Å². The van der Waals surface area contributed by atoms with Crippen LogP contribution >= 0.6 is 11.8 Å². The van der Waals surface area contributed by atoms with E-state index in [-0.39, 0.29) is 29.9 Å². The van der Waals surface area contributed by atoms with E-state index in [0.29, 0.717) is 19.8 Å². The molecule has 5 atom stereocenters. The van der Waals surface area contributed by atoms with Crippen molar-refractivity contribution in [3.63, 3.8) is 0 Å². The maximum atomic E-state index is 6.74. The van der Waals surface area contributed by atoms with Gasteiger partial charge in [-0.3, -0.25) is 0 Å². The number of benzene rings is 4. The normalized spacial score (nSPS) is 22.5. The molecule has 0 bridgehead atoms. The highest BCUT2D eigenvalue weighted by Gasteiger charge is 2.47. The van der Waals surface area contributed by atoms with Gasteiger partial charge in [-0.2, -0.15) is 0 Å². The van der Waals surface area contributed by atoms with Gasteiger partial charge in [0.25, 0.3) is 0 Å². The van der Waals surface area contributed by atoms with Crippen LogP contribution in [0.4, 0.5) is 0 Å². The maximum absolute atomic E-state index is 6.74. The second-order valence-corrected chi connectivity index (χ2v) is 12.1. The lowest BCUT2D eigenvalue weighted by atomic mass is 9.99. The quantitative estimate of drug-likeness (QED) is 0.182. The van der Waals surface area contributed by atoms with Crippen LogP contribution in [0.5, 0.6) is 0 Å². The predicted molar refractivity (Wildman–Crippen MR) is 166 cm³/mol. The van der Waals surface area contributed by atoms with E-state index in [0.717, 1.165) is 21.6 Å². The van der Waals surface area contributed by atoms with Gasteiger partial charge < -0.3 is 18.9 Å². The summed E-state index contributed by atoms with van der Waals surface area (Å²) in [5.74, 6) is 0. The Balaban J connectivity index is 1.42. The van der Waals surface area contributed by atoms with Crippen molar-refractivity contribution < 1.29 is 18.9 Å². The fourth-order valence-electron chi connectivity index (χ4n) is 4.93. The van der Waals surface area contributed by atoms with Crippen LogP contribution in [0.25, 0.3) is 0 Å². The van der Waals surface area contributed by atoms with Crippen molar-refractivity contribution in [1.29, 1.82) is 0 Å². The highest BCUT2D eigenvalue weighted by molar-refractivity contribution is 7.99. The van der Waals surface area contributed by atoms with Crippen molar-refractivity contribution in [2.24, 2.45) is 0 Å². The Labute approximate surface area is 249 Å². The van der Waals surface area contributed by atoms with Crippen molar-refractivity contribution in [2.45, 2.75) is 82.3 Å². The minimum absolute atomic E-state index is 0.191. The highest BCUT2D eigenvalue weighted by atomic mass is 32.2. The lowest BCUT2D eigenvalue weighted by Gasteiger charge is -2.45. The molecule has 1 aliphatic rings. The minimum atomic E-state index is -0.355. The van der Waals surface area contributed by atoms with Gasteiger partial charge in [-0.05, 0) is 56.5 Å². The third kappa shape index (κ3) is 8.31. The van der Waals surface area contributed by atoms with E-state index in [1.165, 1.54) is 16.7 Å². The summed E-state index contributed by atoms with van der Waals surface area (Å²) in [6.45, 7) is 9.77. The molecule has 5 rings (SSSR count). The topological polar surface area (TPSA) is 36.9 Å². The average Bonchev–Trinajstić information content (AvgIpc) is 2.98. The Bertz CT molecular complexity index is 1340. The van der Waals surface area contributed by atoms with Gasteiger partial charge in [-0.15, -0.1) is 0 Å². The van der Waals surface area contributed by atoms with Crippen molar-refractivity contribution in [3.8, 4) is 0 Å². The smallest absolute Gasteiger partial charge is 0.136 e. The average molecular weight is 569 g/mol. The van der Waals surface area contributed by atoms with E-state index < -0.39 is 0 Å². The molecule has 0 amide bonds. The number of rotatable bonds is 11. The number of ether oxygens (including phenoxy) is 4. The number of thioether (sulfide) groups is 1. The van der Waals surface area contributed by atoms with E-state index in [4.69, 9.17) is 18.9 Å². The fourth-order valence-corrected chi connectivity index (χ4v) is 6.11. The number of hydrogen-bond acceptors (Lipinski definition) is 5. The molecule has 1 heterocycles. The summed E-state index contributed by atoms with van der Waals surface area (Å²) < 4.78 is 26.7. The third-order valence-corrected chi connectivity index (χ3v) is 8.57. The molecule has 0 spiro atoms. The summed E-state index contributed by atoms with van der Waals surface area (Å²) in [7, 11) is 0. The fraction of sp³-hybridized carbons (Fsp3) is 0.333. The zero-order valence-corrected chi connectivity index (χ0v) is 25.2.